The highest BCUT2D eigenvalue weighted by Gasteiger charge is 2.26. The largest absolute Gasteiger partial charge is 0.409 e. The minimum Gasteiger partial charge on any atom is -0.203 e. The van der Waals surface area contributed by atoms with Crippen LogP contribution in [0.4, 0.5) is 17.6 Å². The van der Waals surface area contributed by atoms with Crippen LogP contribution in [0.5, 0.6) is 0 Å². The van der Waals surface area contributed by atoms with Crippen LogP contribution in [0.2, 0.25) is 0 Å². The van der Waals surface area contributed by atoms with Crippen molar-refractivity contribution in [2.24, 2.45) is 0 Å². The van der Waals surface area contributed by atoms with Crippen LogP contribution in [-0.4, -0.2) is 10.8 Å². The van der Waals surface area contributed by atoms with Crippen molar-refractivity contribution in [3.63, 3.8) is 0 Å². The Morgan fingerprint density at radius 1 is 0.900 bits per heavy atom. The second-order valence-corrected chi connectivity index (χ2v) is 2.71. The Hall–Kier alpha value is 0.0400. The van der Waals surface area contributed by atoms with Gasteiger partial charge in [0.1, 0.15) is 0 Å². The fourth-order valence-corrected chi connectivity index (χ4v) is 0.315. The van der Waals surface area contributed by atoms with E-state index in [1.54, 1.807) is 0 Å². The van der Waals surface area contributed by atoms with E-state index in [-0.39, 0.29) is 12.2 Å². The first kappa shape index (κ1) is 10.0. The third kappa shape index (κ3) is 8.04. The molecule has 0 aromatic rings. The molecule has 0 rings (SSSR count). The average Bonchev–Trinajstić information content (AvgIpc) is 1.57. The summed E-state index contributed by atoms with van der Waals surface area (Å²) >= 11 is 9.10. The van der Waals surface area contributed by atoms with Crippen LogP contribution in [0.1, 0.15) is 0 Å². The van der Waals surface area contributed by atoms with Gasteiger partial charge in [-0.25, -0.2) is 4.39 Å². The number of halogens is 6. The summed E-state index contributed by atoms with van der Waals surface area (Å²) in [4.78, 5) is 0. The second-order valence-electron chi connectivity index (χ2n) is 1.42. The summed E-state index contributed by atoms with van der Waals surface area (Å²) in [6.07, 6.45) is -4.94. The Kier molecular flexibility index (Phi) is 2.98. The lowest BCUT2D eigenvalue weighted by molar-refractivity contribution is -0.0802. The molecule has 0 aliphatic rings. The molecule has 0 aromatic heterocycles. The van der Waals surface area contributed by atoms with Crippen LogP contribution in [0, 0.1) is 0 Å². The first-order valence-corrected chi connectivity index (χ1v) is 2.80. The fraction of sp³-hybridized carbons (Fsp3) is 0.500. The SMILES string of the molecule is FC(F)(F)C=CC(F)(Cl)Cl. The van der Waals surface area contributed by atoms with E-state index < -0.39 is 10.8 Å². The predicted octanol–water partition coefficient (Wildman–Crippen LogP) is 3.21. The van der Waals surface area contributed by atoms with Crippen LogP contribution in [0.25, 0.3) is 0 Å². The van der Waals surface area contributed by atoms with Crippen LogP contribution in [0.3, 0.4) is 0 Å². The molecule has 0 heterocycles. The third-order valence-electron chi connectivity index (χ3n) is 0.461. The molecule has 0 saturated heterocycles. The molecule has 0 atom stereocenters. The maximum Gasteiger partial charge on any atom is 0.409 e. The maximum absolute atomic E-state index is 11.9. The normalized spacial score (nSPS) is 14.6. The number of hydrogen-bond acceptors (Lipinski definition) is 0. The average molecular weight is 197 g/mol. The Morgan fingerprint density at radius 2 is 1.30 bits per heavy atom. The highest BCUT2D eigenvalue weighted by Crippen LogP contribution is 2.26. The van der Waals surface area contributed by atoms with E-state index in [9.17, 15) is 17.6 Å². The molecule has 0 saturated carbocycles. The van der Waals surface area contributed by atoms with Gasteiger partial charge in [-0.15, -0.1) is 0 Å². The topological polar surface area (TPSA) is 0 Å². The van der Waals surface area contributed by atoms with Gasteiger partial charge in [0.2, 0.25) is 0 Å². The quantitative estimate of drug-likeness (QED) is 0.344. The Labute approximate surface area is 64.4 Å². The summed E-state index contributed by atoms with van der Waals surface area (Å²) in [5.74, 6) is 0. The minimum atomic E-state index is -4.58. The van der Waals surface area contributed by atoms with E-state index >= 15 is 0 Å². The van der Waals surface area contributed by atoms with Gasteiger partial charge in [-0.1, -0.05) is 23.2 Å². The van der Waals surface area contributed by atoms with E-state index in [1.807, 2.05) is 0 Å². The zero-order chi connectivity index (χ0) is 8.41. The molecule has 0 aliphatic carbocycles. The van der Waals surface area contributed by atoms with Crippen molar-refractivity contribution >= 4 is 23.2 Å². The molecule has 0 N–H and O–H groups in total. The number of allylic oxidation sites excluding steroid dienone is 2. The van der Waals surface area contributed by atoms with Gasteiger partial charge >= 0.3 is 6.18 Å². The van der Waals surface area contributed by atoms with Gasteiger partial charge in [-0.2, -0.15) is 13.2 Å². The lowest BCUT2D eigenvalue weighted by Crippen LogP contribution is -2.05. The summed E-state index contributed by atoms with van der Waals surface area (Å²) in [6.45, 7) is 0. The fourth-order valence-electron chi connectivity index (χ4n) is 0.189. The molecule has 0 bridgehead atoms. The second kappa shape index (κ2) is 2.96. The molecule has 60 valence electrons. The standard InChI is InChI=1S/C4H2Cl2F4/c5-3(6,7)1-2-4(8,9)10/h1-2H. The van der Waals surface area contributed by atoms with Crippen molar-refractivity contribution in [3.05, 3.63) is 12.2 Å². The van der Waals surface area contributed by atoms with Gasteiger partial charge in [-0.3, -0.25) is 0 Å². The number of rotatable bonds is 1. The van der Waals surface area contributed by atoms with Crippen molar-refractivity contribution in [1.29, 1.82) is 0 Å². The summed E-state index contributed by atoms with van der Waals surface area (Å²) in [6, 6.07) is 0. The molecule has 0 spiro atoms. The van der Waals surface area contributed by atoms with E-state index in [1.165, 1.54) is 0 Å². The van der Waals surface area contributed by atoms with E-state index in [4.69, 9.17) is 0 Å². The molecule has 0 fully saturated rings. The zero-order valence-corrected chi connectivity index (χ0v) is 5.93. The van der Waals surface area contributed by atoms with E-state index in [2.05, 4.69) is 23.2 Å². The summed E-state index contributed by atoms with van der Waals surface area (Å²) in [5.41, 5.74) is 0. The van der Waals surface area contributed by atoms with Crippen molar-refractivity contribution in [2.75, 3.05) is 0 Å². The first-order valence-electron chi connectivity index (χ1n) is 2.04. The molecule has 0 aliphatic heterocycles. The van der Waals surface area contributed by atoms with Crippen molar-refractivity contribution in [1.82, 2.24) is 0 Å². The van der Waals surface area contributed by atoms with Gasteiger partial charge in [0.15, 0.2) is 0 Å². The van der Waals surface area contributed by atoms with Gasteiger partial charge in [0.25, 0.3) is 4.59 Å². The van der Waals surface area contributed by atoms with Crippen LogP contribution < -0.4 is 0 Å². The van der Waals surface area contributed by atoms with Crippen LogP contribution in [-0.2, 0) is 0 Å². The highest BCUT2D eigenvalue weighted by atomic mass is 35.5. The lowest BCUT2D eigenvalue weighted by atomic mass is 10.5. The van der Waals surface area contributed by atoms with Gasteiger partial charge in [0, 0.05) is 6.08 Å². The number of hydrogen-bond donors (Lipinski definition) is 0. The van der Waals surface area contributed by atoms with Crippen LogP contribution >= 0.6 is 23.2 Å². The zero-order valence-electron chi connectivity index (χ0n) is 4.42. The molecular weight excluding hydrogens is 195 g/mol. The molecule has 0 aromatic carbocycles. The van der Waals surface area contributed by atoms with Gasteiger partial charge in [-0.05, 0) is 6.08 Å². The smallest absolute Gasteiger partial charge is 0.203 e. The highest BCUT2D eigenvalue weighted by molar-refractivity contribution is 6.48. The molecule has 0 nitrogen and oxygen atoms in total. The molecule has 10 heavy (non-hydrogen) atoms. The number of alkyl halides is 6. The minimum absolute atomic E-state index is 0.0100. The molecule has 0 unspecified atom stereocenters. The van der Waals surface area contributed by atoms with Gasteiger partial charge < -0.3 is 0 Å². The summed E-state index contributed by atoms with van der Waals surface area (Å²) in [7, 11) is 0. The first-order chi connectivity index (χ1) is 4.21. The van der Waals surface area contributed by atoms with Crippen molar-refractivity contribution in [2.45, 2.75) is 10.8 Å². The van der Waals surface area contributed by atoms with Crippen LogP contribution in [0.15, 0.2) is 12.2 Å². The van der Waals surface area contributed by atoms with Crippen molar-refractivity contribution < 1.29 is 17.6 Å². The Morgan fingerprint density at radius 3 is 1.40 bits per heavy atom. The maximum atomic E-state index is 11.9. The lowest BCUT2D eigenvalue weighted by Gasteiger charge is -2.02. The van der Waals surface area contributed by atoms with E-state index in [0.29, 0.717) is 0 Å². The Bertz CT molecular complexity index is 115. The van der Waals surface area contributed by atoms with Gasteiger partial charge in [0.05, 0.1) is 0 Å². The van der Waals surface area contributed by atoms with Crippen molar-refractivity contribution in [3.8, 4) is 0 Å². The predicted molar refractivity (Wildman–Crippen MR) is 30.7 cm³/mol. The monoisotopic (exact) mass is 196 g/mol. The molecule has 0 radical (unpaired) electrons. The van der Waals surface area contributed by atoms with E-state index in [0.717, 1.165) is 0 Å². The Balaban J connectivity index is 4.01. The summed E-state index contributed by atoms with van der Waals surface area (Å²) in [5, 5.41) is 0. The molecular formula is C4H2Cl2F4. The molecule has 0 amide bonds. The third-order valence-corrected chi connectivity index (χ3v) is 0.713. The summed E-state index contributed by atoms with van der Waals surface area (Å²) < 4.78 is 42.6. The molecule has 6 heteroatoms.